The van der Waals surface area contributed by atoms with Crippen LogP contribution in [-0.4, -0.2) is 0 Å². The van der Waals surface area contributed by atoms with E-state index in [0.29, 0.717) is 0 Å². The third-order valence-corrected chi connectivity index (χ3v) is 2.94. The highest BCUT2D eigenvalue weighted by Crippen LogP contribution is 2.35. The molecule has 0 nitrogen and oxygen atoms in total. The van der Waals surface area contributed by atoms with E-state index in [4.69, 9.17) is 0 Å². The maximum atomic E-state index is 2.40. The molecule has 0 heterocycles. The van der Waals surface area contributed by atoms with Gasteiger partial charge in [0.2, 0.25) is 0 Å². The molecule has 0 spiro atoms. The highest BCUT2D eigenvalue weighted by molar-refractivity contribution is 5.82. The second-order valence-electron chi connectivity index (χ2n) is 3.76. The van der Waals surface area contributed by atoms with Crippen LogP contribution in [0.4, 0.5) is 0 Å². The first-order valence-electron chi connectivity index (χ1n) is 4.93. The van der Waals surface area contributed by atoms with Crippen molar-refractivity contribution in [2.24, 2.45) is 0 Å². The predicted octanol–water partition coefficient (Wildman–Crippen LogP) is 3.43. The molecule has 0 atom stereocenters. The minimum absolute atomic E-state index is 1.13. The van der Waals surface area contributed by atoms with Gasteiger partial charge in [-0.3, -0.25) is 0 Å². The van der Waals surface area contributed by atoms with Gasteiger partial charge in [-0.1, -0.05) is 36.4 Å². The van der Waals surface area contributed by atoms with Crippen molar-refractivity contribution in [1.82, 2.24) is 0 Å². The fourth-order valence-corrected chi connectivity index (χ4v) is 2.36. The van der Waals surface area contributed by atoms with E-state index in [0.717, 1.165) is 6.42 Å². The smallest absolute Gasteiger partial charge is 0.00910 e. The molecule has 0 bridgehead atoms. The number of allylic oxidation sites excluding steroid dienone is 3. The van der Waals surface area contributed by atoms with Gasteiger partial charge in [0.05, 0.1) is 0 Å². The van der Waals surface area contributed by atoms with Crippen LogP contribution >= 0.6 is 0 Å². The van der Waals surface area contributed by atoms with Gasteiger partial charge < -0.3 is 0 Å². The fraction of sp³-hybridized carbons (Fsp3) is 0.231. The van der Waals surface area contributed by atoms with Crippen LogP contribution in [-0.2, 0) is 6.42 Å². The Balaban J connectivity index is 2.34. The SMILES string of the molecule is C1=Cc2cccc3c2C(=CCC3)C1. The molecule has 0 fully saturated rings. The second-order valence-corrected chi connectivity index (χ2v) is 3.76. The highest BCUT2D eigenvalue weighted by Gasteiger charge is 2.16. The Morgan fingerprint density at radius 2 is 2.15 bits per heavy atom. The van der Waals surface area contributed by atoms with Crippen molar-refractivity contribution in [3.8, 4) is 0 Å². The van der Waals surface area contributed by atoms with E-state index in [1.54, 1.807) is 11.1 Å². The van der Waals surface area contributed by atoms with Gasteiger partial charge in [-0.25, -0.2) is 0 Å². The van der Waals surface area contributed by atoms with Crippen molar-refractivity contribution in [1.29, 1.82) is 0 Å². The summed E-state index contributed by atoms with van der Waals surface area (Å²) in [7, 11) is 0. The standard InChI is InChI=1S/C13H12/c1-4-10-6-2-8-12-9-3-7-11(5-1)13(10)12/h1-2,4-6,9H,3,7-8H2. The van der Waals surface area contributed by atoms with Crippen LogP contribution < -0.4 is 0 Å². The summed E-state index contributed by atoms with van der Waals surface area (Å²) in [6.07, 6.45) is 10.5. The summed E-state index contributed by atoms with van der Waals surface area (Å²) in [5.74, 6) is 0. The molecule has 0 amide bonds. The molecule has 64 valence electrons. The maximum Gasteiger partial charge on any atom is -0.00910 e. The molecule has 0 N–H and O–H groups in total. The average molecular weight is 168 g/mol. The quantitative estimate of drug-likeness (QED) is 0.556. The van der Waals surface area contributed by atoms with E-state index in [1.165, 1.54) is 24.0 Å². The summed E-state index contributed by atoms with van der Waals surface area (Å²) in [5, 5.41) is 0. The van der Waals surface area contributed by atoms with Crippen molar-refractivity contribution in [2.45, 2.75) is 19.3 Å². The highest BCUT2D eigenvalue weighted by atomic mass is 14.2. The summed E-state index contributed by atoms with van der Waals surface area (Å²) in [5.41, 5.74) is 6.02. The Hall–Kier alpha value is -1.30. The van der Waals surface area contributed by atoms with E-state index in [9.17, 15) is 0 Å². The van der Waals surface area contributed by atoms with Crippen molar-refractivity contribution >= 4 is 11.6 Å². The minimum atomic E-state index is 1.13. The van der Waals surface area contributed by atoms with Gasteiger partial charge in [-0.15, -0.1) is 0 Å². The van der Waals surface area contributed by atoms with Crippen LogP contribution in [0, 0.1) is 0 Å². The zero-order valence-electron chi connectivity index (χ0n) is 7.59. The first-order chi connectivity index (χ1) is 6.45. The molecule has 0 saturated heterocycles. The van der Waals surface area contributed by atoms with Gasteiger partial charge in [0.25, 0.3) is 0 Å². The van der Waals surface area contributed by atoms with E-state index in [-0.39, 0.29) is 0 Å². The monoisotopic (exact) mass is 168 g/mol. The first-order valence-corrected chi connectivity index (χ1v) is 4.93. The lowest BCUT2D eigenvalue weighted by atomic mass is 9.83. The number of benzene rings is 1. The number of aryl methyl sites for hydroxylation is 1. The summed E-state index contributed by atoms with van der Waals surface area (Å²) in [4.78, 5) is 0. The van der Waals surface area contributed by atoms with Crippen LogP contribution in [0.25, 0.3) is 11.6 Å². The molecule has 0 saturated carbocycles. The summed E-state index contributed by atoms with van der Waals surface area (Å²) in [6, 6.07) is 6.66. The van der Waals surface area contributed by atoms with Gasteiger partial charge in [-0.2, -0.15) is 0 Å². The third-order valence-electron chi connectivity index (χ3n) is 2.94. The molecule has 2 aliphatic carbocycles. The van der Waals surface area contributed by atoms with Crippen LogP contribution in [0.1, 0.15) is 29.5 Å². The lowest BCUT2D eigenvalue weighted by Gasteiger charge is -2.22. The molecular weight excluding hydrogens is 156 g/mol. The third kappa shape index (κ3) is 0.983. The Bertz CT molecular complexity index is 408. The maximum absolute atomic E-state index is 2.40. The van der Waals surface area contributed by atoms with E-state index in [1.807, 2.05) is 0 Å². The van der Waals surface area contributed by atoms with Crippen molar-refractivity contribution in [3.63, 3.8) is 0 Å². The summed E-state index contributed by atoms with van der Waals surface area (Å²) < 4.78 is 0. The lowest BCUT2D eigenvalue weighted by Crippen LogP contribution is -2.03. The van der Waals surface area contributed by atoms with E-state index in [2.05, 4.69) is 36.4 Å². The molecule has 3 rings (SSSR count). The normalized spacial score (nSPS) is 18.0. The van der Waals surface area contributed by atoms with E-state index < -0.39 is 0 Å². The number of hydrogen-bond acceptors (Lipinski definition) is 0. The van der Waals surface area contributed by atoms with Crippen LogP contribution in [0.15, 0.2) is 30.4 Å². The molecule has 0 radical (unpaired) electrons. The van der Waals surface area contributed by atoms with Gasteiger partial charge >= 0.3 is 0 Å². The van der Waals surface area contributed by atoms with Crippen LogP contribution in [0.2, 0.25) is 0 Å². The van der Waals surface area contributed by atoms with Gasteiger partial charge in [-0.05, 0) is 41.5 Å². The molecule has 0 heteroatoms. The number of rotatable bonds is 0. The van der Waals surface area contributed by atoms with Gasteiger partial charge in [0.1, 0.15) is 0 Å². The molecule has 0 aliphatic heterocycles. The lowest BCUT2D eigenvalue weighted by molar-refractivity contribution is 0.966. The molecule has 1 aromatic carbocycles. The molecule has 1 aromatic rings. The Morgan fingerprint density at radius 1 is 1.15 bits per heavy atom. The van der Waals surface area contributed by atoms with Gasteiger partial charge in [0.15, 0.2) is 0 Å². The summed E-state index contributed by atoms with van der Waals surface area (Å²) >= 11 is 0. The molecule has 0 unspecified atom stereocenters. The molecule has 13 heavy (non-hydrogen) atoms. The Morgan fingerprint density at radius 3 is 3.15 bits per heavy atom. The Labute approximate surface area is 78.6 Å². The Kier molecular flexibility index (Phi) is 1.42. The molecular formula is C13H12. The first kappa shape index (κ1) is 7.14. The summed E-state index contributed by atoms with van der Waals surface area (Å²) in [6.45, 7) is 0. The van der Waals surface area contributed by atoms with Crippen LogP contribution in [0.5, 0.6) is 0 Å². The van der Waals surface area contributed by atoms with Crippen molar-refractivity contribution < 1.29 is 0 Å². The van der Waals surface area contributed by atoms with Crippen molar-refractivity contribution in [3.05, 3.63) is 47.0 Å². The van der Waals surface area contributed by atoms with Crippen LogP contribution in [0.3, 0.4) is 0 Å². The van der Waals surface area contributed by atoms with E-state index >= 15 is 0 Å². The second kappa shape index (κ2) is 2.59. The molecule has 0 aromatic heterocycles. The zero-order chi connectivity index (χ0) is 8.67. The topological polar surface area (TPSA) is 0 Å². The number of hydrogen-bond donors (Lipinski definition) is 0. The largest absolute Gasteiger partial charge is 0.0800 e. The fourth-order valence-electron chi connectivity index (χ4n) is 2.36. The van der Waals surface area contributed by atoms with Crippen molar-refractivity contribution in [2.75, 3.05) is 0 Å². The average Bonchev–Trinajstić information content (AvgIpc) is 2.19. The van der Waals surface area contributed by atoms with Gasteiger partial charge in [0, 0.05) is 0 Å². The molecule has 2 aliphatic rings. The minimum Gasteiger partial charge on any atom is -0.0800 e. The zero-order valence-corrected chi connectivity index (χ0v) is 7.59. The predicted molar refractivity (Wildman–Crippen MR) is 56.4 cm³/mol.